The van der Waals surface area contributed by atoms with Gasteiger partial charge in [-0.3, -0.25) is 0 Å². The Bertz CT molecular complexity index is 3180. The van der Waals surface area contributed by atoms with Crippen LogP contribution in [0.15, 0.2) is 248 Å². The SMILES string of the molecule is [2H]c1c([2H])c([2H])c(-c2cccc([Si](c3ccccc3)(c3ccccc3)c3c([2H])c(O[B]O)c([2H])c([Si](c4ccccc4)(c4ccccc4)c4cccc(-c5c([2H])c([2H])c([2H])c([2H])c5[2H])c4)c3[2H])c2)c([2H])c1[2H]. The average molecular weight is 803 g/mol. The maximum atomic E-state index is 11.0. The van der Waals surface area contributed by atoms with E-state index in [0.717, 1.165) is 0 Å². The van der Waals surface area contributed by atoms with Gasteiger partial charge in [0, 0.05) is 0 Å². The van der Waals surface area contributed by atoms with Gasteiger partial charge >= 0.3 is 7.69 Å². The number of rotatable bonds is 12. The van der Waals surface area contributed by atoms with E-state index >= 15 is 0 Å². The fourth-order valence-electron chi connectivity index (χ4n) is 8.16. The van der Waals surface area contributed by atoms with Gasteiger partial charge in [0.1, 0.15) is 0 Å². The van der Waals surface area contributed by atoms with Gasteiger partial charge in [0.2, 0.25) is 0 Å². The van der Waals surface area contributed by atoms with Gasteiger partial charge in [-0.15, -0.1) is 0 Å². The van der Waals surface area contributed by atoms with Crippen LogP contribution in [0, 0.1) is 0 Å². The van der Waals surface area contributed by atoms with Crippen molar-refractivity contribution in [2.24, 2.45) is 0 Å². The summed E-state index contributed by atoms with van der Waals surface area (Å²) >= 11 is 0. The van der Waals surface area contributed by atoms with E-state index in [2.05, 4.69) is 0 Å². The third-order valence-electron chi connectivity index (χ3n) is 10.6. The minimum Gasteiger partial charge on any atom is -0.537 e. The lowest BCUT2D eigenvalue weighted by molar-refractivity contribution is 0.454. The molecular formula is C54H42BO2Si2. The highest BCUT2D eigenvalue weighted by Gasteiger charge is 2.46. The van der Waals surface area contributed by atoms with Crippen molar-refractivity contribution < 1.29 is 27.5 Å². The summed E-state index contributed by atoms with van der Waals surface area (Å²) in [4.78, 5) is 0. The molecule has 0 saturated heterocycles. The zero-order chi connectivity index (χ0) is 51.2. The first-order chi connectivity index (χ1) is 34.6. The summed E-state index contributed by atoms with van der Waals surface area (Å²) in [5.41, 5.74) is 0.517. The highest BCUT2D eigenvalue weighted by molar-refractivity contribution is 7.22. The van der Waals surface area contributed by atoms with Crippen LogP contribution >= 0.6 is 0 Å². The molecule has 0 atom stereocenters. The largest absolute Gasteiger partial charge is 0.569 e. The molecule has 0 spiro atoms. The van der Waals surface area contributed by atoms with Crippen LogP contribution in [-0.4, -0.2) is 28.9 Å². The summed E-state index contributed by atoms with van der Waals surface area (Å²) in [5.74, 6) is -0.352. The van der Waals surface area contributed by atoms with Gasteiger partial charge in [0.05, 0.1) is 23.6 Å². The Morgan fingerprint density at radius 3 is 1.03 bits per heavy atom. The van der Waals surface area contributed by atoms with Gasteiger partial charge in [0.25, 0.3) is 0 Å². The predicted octanol–water partition coefficient (Wildman–Crippen LogP) is 6.68. The minimum atomic E-state index is -4.19. The number of benzene rings is 9. The van der Waals surface area contributed by atoms with Gasteiger partial charge in [-0.1, -0.05) is 236 Å². The Morgan fingerprint density at radius 1 is 0.356 bits per heavy atom. The summed E-state index contributed by atoms with van der Waals surface area (Å²) in [6.45, 7) is 0. The van der Waals surface area contributed by atoms with Gasteiger partial charge in [-0.05, 0) is 75.8 Å². The molecule has 0 heterocycles. The molecule has 59 heavy (non-hydrogen) atoms. The molecule has 0 aliphatic heterocycles. The summed E-state index contributed by atoms with van der Waals surface area (Å²) in [6.07, 6.45) is 0. The molecule has 0 aliphatic rings. The van der Waals surface area contributed by atoms with Crippen molar-refractivity contribution in [1.29, 1.82) is 0 Å². The second-order valence-corrected chi connectivity index (χ2v) is 21.3. The van der Waals surface area contributed by atoms with Crippen molar-refractivity contribution in [1.82, 2.24) is 0 Å². The molecule has 2 nitrogen and oxygen atoms in total. The minimum absolute atomic E-state index is 0.0382. The van der Waals surface area contributed by atoms with Gasteiger partial charge in [0.15, 0.2) is 16.1 Å². The Balaban J connectivity index is 1.51. The van der Waals surface area contributed by atoms with E-state index in [1.165, 1.54) is 0 Å². The van der Waals surface area contributed by atoms with E-state index in [4.69, 9.17) is 18.4 Å². The topological polar surface area (TPSA) is 29.5 Å². The fourth-order valence-corrected chi connectivity index (χ4v) is 17.4. The Hall–Kier alpha value is -6.76. The van der Waals surface area contributed by atoms with Crippen molar-refractivity contribution in [2.75, 3.05) is 0 Å². The van der Waals surface area contributed by atoms with E-state index in [0.29, 0.717) is 49.9 Å². The molecule has 0 amide bonds. The quantitative estimate of drug-likeness (QED) is 0.111. The second kappa shape index (κ2) is 17.0. The molecule has 0 unspecified atom stereocenters. The Labute approximate surface area is 368 Å². The maximum absolute atomic E-state index is 11.0. The first kappa shape index (κ1) is 25.6. The van der Waals surface area contributed by atoms with Crippen LogP contribution in [0.4, 0.5) is 0 Å². The fraction of sp³-hybridized carbons (Fsp3) is 0. The van der Waals surface area contributed by atoms with Gasteiger partial charge in [-0.25, -0.2) is 0 Å². The molecular weight excluding hydrogens is 748 g/mol. The van der Waals surface area contributed by atoms with Crippen molar-refractivity contribution in [3.63, 3.8) is 0 Å². The lowest BCUT2D eigenvalue weighted by Crippen LogP contribution is -2.78. The summed E-state index contributed by atoms with van der Waals surface area (Å²) in [6, 6.07) is 45.8. The summed E-state index contributed by atoms with van der Waals surface area (Å²) in [5, 5.41) is 14.8. The predicted molar refractivity (Wildman–Crippen MR) is 253 cm³/mol. The highest BCUT2D eigenvalue weighted by atomic mass is 28.3. The lowest BCUT2D eigenvalue weighted by atomic mass is 10.1. The summed E-state index contributed by atoms with van der Waals surface area (Å²) < 4.78 is 124. The van der Waals surface area contributed by atoms with Gasteiger partial charge in [-0.2, -0.15) is 0 Å². The molecule has 0 bridgehead atoms. The molecule has 0 aromatic heterocycles. The van der Waals surface area contributed by atoms with Gasteiger partial charge < -0.3 is 9.68 Å². The van der Waals surface area contributed by atoms with Crippen molar-refractivity contribution in [3.8, 4) is 28.0 Å². The Morgan fingerprint density at radius 2 is 0.695 bits per heavy atom. The molecule has 9 aromatic carbocycles. The van der Waals surface area contributed by atoms with Crippen molar-refractivity contribution in [3.05, 3.63) is 248 Å². The number of hydrogen-bond donors (Lipinski definition) is 1. The van der Waals surface area contributed by atoms with E-state index in [1.54, 1.807) is 36.4 Å². The molecule has 9 rings (SSSR count). The molecule has 9 aromatic rings. The molecule has 0 aliphatic carbocycles. The highest BCUT2D eigenvalue weighted by Crippen LogP contribution is 2.23. The zero-order valence-corrected chi connectivity index (χ0v) is 33.6. The molecule has 1 radical (unpaired) electrons. The number of hydrogen-bond acceptors (Lipinski definition) is 2. The lowest BCUT2D eigenvalue weighted by Gasteiger charge is -2.38. The van der Waals surface area contributed by atoms with E-state index in [1.807, 2.05) is 133 Å². The van der Waals surface area contributed by atoms with Crippen LogP contribution in [0.1, 0.15) is 17.8 Å². The average Bonchev–Trinajstić information content (AvgIpc) is 3.41. The molecule has 5 heteroatoms. The third kappa shape index (κ3) is 7.10. The van der Waals surface area contributed by atoms with Crippen LogP contribution < -0.4 is 46.1 Å². The van der Waals surface area contributed by atoms with E-state index in [-0.39, 0.29) is 45.4 Å². The standard InChI is InChI=1S/C54H42BO2Si2/c56-55-57-46-39-53(58(47-27-11-3-12-28-47,48-29-13-4-14-30-48)51-35-19-25-44(37-51)42-21-7-1-8-22-42)41-54(40-46)59(49-31-15-5-16-32-49,50-33-17-6-18-34-50)52-36-20-26-45(38-52)43-23-9-2-10-24-43/h1-41,56H/i1D,2D,7D,8D,9D,10D,21D,22D,23D,24D,39D,40D,41D. The van der Waals surface area contributed by atoms with Crippen LogP contribution in [0.5, 0.6) is 5.75 Å². The molecule has 281 valence electrons. The van der Waals surface area contributed by atoms with Crippen molar-refractivity contribution in [2.45, 2.75) is 0 Å². The second-order valence-electron chi connectivity index (χ2n) is 13.8. The van der Waals surface area contributed by atoms with E-state index < -0.39 is 76.6 Å². The first-order valence-electron chi connectivity index (χ1n) is 25.5. The summed E-state index contributed by atoms with van der Waals surface area (Å²) in [7, 11) is -7.98. The normalized spacial score (nSPS) is 14.6. The first-order valence-corrected chi connectivity index (χ1v) is 23.0. The third-order valence-corrected chi connectivity index (χ3v) is 19.8. The van der Waals surface area contributed by atoms with Crippen molar-refractivity contribution >= 4 is 65.3 Å². The van der Waals surface area contributed by atoms with Crippen LogP contribution in [0.3, 0.4) is 0 Å². The Kier molecular flexibility index (Phi) is 7.36. The molecule has 0 saturated carbocycles. The van der Waals surface area contributed by atoms with Crippen LogP contribution in [0.25, 0.3) is 22.3 Å². The smallest absolute Gasteiger partial charge is 0.537 e. The monoisotopic (exact) mass is 802 g/mol. The van der Waals surface area contributed by atoms with E-state index in [9.17, 15) is 9.14 Å². The molecule has 0 fully saturated rings. The molecule has 1 N–H and O–H groups in total. The maximum Gasteiger partial charge on any atom is 0.569 e. The van der Waals surface area contributed by atoms with Crippen LogP contribution in [-0.2, 0) is 0 Å². The zero-order valence-electron chi connectivity index (χ0n) is 44.6. The van der Waals surface area contributed by atoms with Crippen LogP contribution in [0.2, 0.25) is 0 Å².